The van der Waals surface area contributed by atoms with Crippen molar-refractivity contribution in [2.75, 3.05) is 18.5 Å². The summed E-state index contributed by atoms with van der Waals surface area (Å²) in [7, 11) is 0. The van der Waals surface area contributed by atoms with Gasteiger partial charge in [0.2, 0.25) is 0 Å². The molecule has 1 atom stereocenters. The van der Waals surface area contributed by atoms with E-state index < -0.39 is 5.82 Å². The van der Waals surface area contributed by atoms with Gasteiger partial charge in [-0.25, -0.2) is 4.39 Å². The lowest BCUT2D eigenvalue weighted by molar-refractivity contribution is 0.0952. The number of carbonyl (C=O) groups excluding carboxylic acids is 1. The van der Waals surface area contributed by atoms with Gasteiger partial charge in [-0.05, 0) is 40.7 Å². The van der Waals surface area contributed by atoms with Crippen LogP contribution in [0.25, 0.3) is 0 Å². The van der Waals surface area contributed by atoms with Crippen LogP contribution in [0.1, 0.15) is 23.7 Å². The lowest BCUT2D eigenvalue weighted by atomic mass is 10.2. The number of nitrogens with one attached hydrogen (secondary N) is 1. The van der Waals surface area contributed by atoms with E-state index in [0.717, 1.165) is 6.42 Å². The van der Waals surface area contributed by atoms with Crippen LogP contribution in [-0.2, 0) is 0 Å². The van der Waals surface area contributed by atoms with Gasteiger partial charge in [-0.15, -0.1) is 0 Å². The van der Waals surface area contributed by atoms with Crippen molar-refractivity contribution in [2.24, 2.45) is 0 Å². The molecule has 1 amide bonds. The molecule has 0 aliphatic rings. The smallest absolute Gasteiger partial charge is 0.252 e. The Labute approximate surface area is 119 Å². The topological polar surface area (TPSA) is 55.1 Å². The summed E-state index contributed by atoms with van der Waals surface area (Å²) in [5.74, 6) is -0.781. The summed E-state index contributed by atoms with van der Waals surface area (Å²) in [6.07, 6.45) is 2.92. The van der Waals surface area contributed by atoms with E-state index in [4.69, 9.17) is 5.73 Å². The molecule has 1 unspecified atom stereocenters. The number of anilines is 1. The Balaban J connectivity index is 2.64. The van der Waals surface area contributed by atoms with E-state index in [0.29, 0.717) is 21.8 Å². The van der Waals surface area contributed by atoms with Crippen molar-refractivity contribution < 1.29 is 9.18 Å². The zero-order chi connectivity index (χ0) is 13.7. The monoisotopic (exact) mass is 334 g/mol. The summed E-state index contributed by atoms with van der Waals surface area (Å²) in [4.78, 5) is 11.9. The molecule has 0 bridgehead atoms. The maximum Gasteiger partial charge on any atom is 0.252 e. The largest absolute Gasteiger partial charge is 0.396 e. The highest BCUT2D eigenvalue weighted by Crippen LogP contribution is 2.22. The van der Waals surface area contributed by atoms with Crippen molar-refractivity contribution in [2.45, 2.75) is 18.6 Å². The first-order chi connectivity index (χ1) is 8.45. The minimum Gasteiger partial charge on any atom is -0.396 e. The van der Waals surface area contributed by atoms with Gasteiger partial charge in [0.1, 0.15) is 5.82 Å². The normalized spacial score (nSPS) is 12.2. The molecule has 0 aliphatic heterocycles. The molecule has 6 heteroatoms. The number of carbonyl (C=O) groups is 1. The van der Waals surface area contributed by atoms with Gasteiger partial charge in [0.05, 0.1) is 11.3 Å². The number of amides is 1. The van der Waals surface area contributed by atoms with E-state index in [1.807, 2.05) is 6.26 Å². The van der Waals surface area contributed by atoms with Gasteiger partial charge < -0.3 is 11.1 Å². The van der Waals surface area contributed by atoms with E-state index in [1.165, 1.54) is 12.1 Å². The maximum absolute atomic E-state index is 13.1. The predicted molar refractivity (Wildman–Crippen MR) is 78.4 cm³/mol. The summed E-state index contributed by atoms with van der Waals surface area (Å²) < 4.78 is 13.5. The van der Waals surface area contributed by atoms with Crippen LogP contribution in [0.3, 0.4) is 0 Å². The second-order valence-electron chi connectivity index (χ2n) is 3.94. The van der Waals surface area contributed by atoms with Crippen molar-refractivity contribution in [3.05, 3.63) is 28.0 Å². The third kappa shape index (κ3) is 4.17. The molecule has 0 heterocycles. The third-order valence-corrected chi connectivity index (χ3v) is 4.27. The van der Waals surface area contributed by atoms with E-state index in [2.05, 4.69) is 28.2 Å². The first-order valence-electron chi connectivity index (χ1n) is 5.51. The van der Waals surface area contributed by atoms with Crippen molar-refractivity contribution in [3.8, 4) is 0 Å². The SMILES string of the molecule is CSC(C)CCNC(=O)c1cc(N)c(F)cc1Br. The van der Waals surface area contributed by atoms with E-state index >= 15 is 0 Å². The van der Waals surface area contributed by atoms with Crippen molar-refractivity contribution >= 4 is 39.3 Å². The molecule has 0 spiro atoms. The Morgan fingerprint density at radius 1 is 1.61 bits per heavy atom. The molecule has 1 rings (SSSR count). The molecule has 1 aromatic rings. The van der Waals surface area contributed by atoms with E-state index in [1.54, 1.807) is 11.8 Å². The molecule has 1 aromatic carbocycles. The van der Waals surface area contributed by atoms with Crippen molar-refractivity contribution in [1.82, 2.24) is 5.32 Å². The van der Waals surface area contributed by atoms with Crippen LogP contribution in [0.2, 0.25) is 0 Å². The van der Waals surface area contributed by atoms with Crippen molar-refractivity contribution in [3.63, 3.8) is 0 Å². The van der Waals surface area contributed by atoms with Crippen LogP contribution in [0, 0.1) is 5.82 Å². The quantitative estimate of drug-likeness (QED) is 0.813. The minimum absolute atomic E-state index is 0.0270. The zero-order valence-corrected chi connectivity index (χ0v) is 12.7. The second-order valence-corrected chi connectivity index (χ2v) is 6.07. The second kappa shape index (κ2) is 6.99. The highest BCUT2D eigenvalue weighted by Gasteiger charge is 2.13. The Hall–Kier alpha value is -0.750. The summed E-state index contributed by atoms with van der Waals surface area (Å²) in [5, 5.41) is 3.28. The van der Waals surface area contributed by atoms with Gasteiger partial charge >= 0.3 is 0 Å². The standard InChI is InChI=1S/C12H16BrFN2OS/c1-7(18-2)3-4-16-12(17)8-5-11(15)10(14)6-9(8)13/h5-7H,3-4,15H2,1-2H3,(H,16,17). The fraction of sp³-hybridized carbons (Fsp3) is 0.417. The lowest BCUT2D eigenvalue weighted by Crippen LogP contribution is -2.26. The van der Waals surface area contributed by atoms with Crippen LogP contribution in [0.5, 0.6) is 0 Å². The number of nitrogens with two attached hydrogens (primary N) is 1. The average molecular weight is 335 g/mol. The summed E-state index contributed by atoms with van der Waals surface area (Å²) in [6.45, 7) is 2.69. The molecule has 0 fully saturated rings. The summed E-state index contributed by atoms with van der Waals surface area (Å²) >= 11 is 4.91. The lowest BCUT2D eigenvalue weighted by Gasteiger charge is -2.10. The number of nitrogen functional groups attached to an aromatic ring is 1. The Kier molecular flexibility index (Phi) is 5.95. The van der Waals surface area contributed by atoms with E-state index in [9.17, 15) is 9.18 Å². The first kappa shape index (κ1) is 15.3. The van der Waals surface area contributed by atoms with E-state index in [-0.39, 0.29) is 11.6 Å². The predicted octanol–water partition coefficient (Wildman–Crippen LogP) is 3.04. The highest BCUT2D eigenvalue weighted by atomic mass is 79.9. The van der Waals surface area contributed by atoms with Crippen LogP contribution >= 0.6 is 27.7 Å². The van der Waals surface area contributed by atoms with Crippen LogP contribution in [0.15, 0.2) is 16.6 Å². The number of rotatable bonds is 5. The van der Waals surface area contributed by atoms with Gasteiger partial charge in [-0.2, -0.15) is 11.8 Å². The summed E-state index contributed by atoms with van der Waals surface area (Å²) in [5.41, 5.74) is 5.77. The molecular formula is C12H16BrFN2OS. The van der Waals surface area contributed by atoms with Gasteiger partial charge in [0.15, 0.2) is 0 Å². The van der Waals surface area contributed by atoms with Crippen molar-refractivity contribution in [1.29, 1.82) is 0 Å². The molecule has 18 heavy (non-hydrogen) atoms. The zero-order valence-electron chi connectivity index (χ0n) is 10.3. The molecule has 0 aromatic heterocycles. The molecule has 0 aliphatic carbocycles. The highest BCUT2D eigenvalue weighted by molar-refractivity contribution is 9.10. The number of hydrogen-bond donors (Lipinski definition) is 2. The molecule has 3 N–H and O–H groups in total. The van der Waals surface area contributed by atoms with Crippen LogP contribution < -0.4 is 11.1 Å². The Morgan fingerprint density at radius 2 is 2.28 bits per heavy atom. The number of hydrogen-bond acceptors (Lipinski definition) is 3. The molecular weight excluding hydrogens is 319 g/mol. The van der Waals surface area contributed by atoms with Crippen LogP contribution in [0.4, 0.5) is 10.1 Å². The van der Waals surface area contributed by atoms with Gasteiger partial charge in [0, 0.05) is 16.3 Å². The molecule has 0 radical (unpaired) electrons. The molecule has 3 nitrogen and oxygen atoms in total. The average Bonchev–Trinajstić information content (AvgIpc) is 2.33. The van der Waals surface area contributed by atoms with Gasteiger partial charge in [-0.3, -0.25) is 4.79 Å². The molecule has 100 valence electrons. The fourth-order valence-corrected chi connectivity index (χ4v) is 2.19. The minimum atomic E-state index is -0.533. The third-order valence-electron chi connectivity index (χ3n) is 2.57. The molecule has 0 saturated heterocycles. The number of halogens is 2. The van der Waals surface area contributed by atoms with Gasteiger partial charge in [-0.1, -0.05) is 6.92 Å². The summed E-state index contributed by atoms with van der Waals surface area (Å²) in [6, 6.07) is 2.54. The Bertz CT molecular complexity index is 442. The maximum atomic E-state index is 13.1. The number of benzene rings is 1. The fourth-order valence-electron chi connectivity index (χ4n) is 1.34. The van der Waals surface area contributed by atoms with Crippen LogP contribution in [-0.4, -0.2) is 24.0 Å². The van der Waals surface area contributed by atoms with Gasteiger partial charge in [0.25, 0.3) is 5.91 Å². The molecule has 0 saturated carbocycles. The number of thioether (sulfide) groups is 1. The Morgan fingerprint density at radius 3 is 2.89 bits per heavy atom. The first-order valence-corrected chi connectivity index (χ1v) is 7.59.